The fourth-order valence-corrected chi connectivity index (χ4v) is 3.77. The van der Waals surface area contributed by atoms with Crippen LogP contribution in [0.25, 0.3) is 0 Å². The lowest BCUT2D eigenvalue weighted by molar-refractivity contribution is 0.259. The molecule has 0 unspecified atom stereocenters. The number of ether oxygens (including phenoxy) is 2. The Morgan fingerprint density at radius 3 is 2.53 bits per heavy atom. The number of hydrogen-bond acceptors (Lipinski definition) is 3. The molecule has 1 spiro atoms. The third-order valence-corrected chi connectivity index (χ3v) is 4.79. The Hall–Kier alpha value is -1.22. The molecule has 104 valence electrons. The van der Waals surface area contributed by atoms with Gasteiger partial charge in [-0.25, -0.2) is 0 Å². The summed E-state index contributed by atoms with van der Waals surface area (Å²) in [4.78, 5) is 0. The van der Waals surface area contributed by atoms with Crippen LogP contribution in [-0.2, 0) is 12.0 Å². The molecule has 1 heterocycles. The highest BCUT2D eigenvalue weighted by Gasteiger charge is 2.39. The molecular weight excluding hydrogens is 238 g/mol. The van der Waals surface area contributed by atoms with Crippen molar-refractivity contribution in [1.82, 2.24) is 5.32 Å². The predicted molar refractivity (Wildman–Crippen MR) is 76.0 cm³/mol. The van der Waals surface area contributed by atoms with Crippen LogP contribution in [0.4, 0.5) is 0 Å². The summed E-state index contributed by atoms with van der Waals surface area (Å²) in [5.41, 5.74) is 3.09. The molecule has 0 aromatic heterocycles. The SMILES string of the molecule is COc1cc(OC)c2c(c1)C1(CCCCC1)CNC2. The van der Waals surface area contributed by atoms with Crippen molar-refractivity contribution in [3.05, 3.63) is 23.3 Å². The van der Waals surface area contributed by atoms with Gasteiger partial charge in [-0.2, -0.15) is 0 Å². The van der Waals surface area contributed by atoms with Crippen LogP contribution in [0.2, 0.25) is 0 Å². The first-order valence-corrected chi connectivity index (χ1v) is 7.25. The average Bonchev–Trinajstić information content (AvgIpc) is 2.48. The molecule has 1 aromatic carbocycles. The van der Waals surface area contributed by atoms with Gasteiger partial charge in [0, 0.05) is 30.1 Å². The molecule has 3 rings (SSSR count). The van der Waals surface area contributed by atoms with Gasteiger partial charge in [0.15, 0.2) is 0 Å². The topological polar surface area (TPSA) is 30.5 Å². The molecule has 0 atom stereocenters. The zero-order valence-corrected chi connectivity index (χ0v) is 11.9. The molecule has 0 saturated heterocycles. The normalized spacial score (nSPS) is 20.9. The van der Waals surface area contributed by atoms with Gasteiger partial charge in [-0.05, 0) is 24.5 Å². The standard InChI is InChI=1S/C16H23NO2/c1-18-12-8-14-13(15(9-12)19-2)10-17-11-16(14)6-4-3-5-7-16/h8-9,17H,3-7,10-11H2,1-2H3. The van der Waals surface area contributed by atoms with Crippen LogP contribution in [0.1, 0.15) is 43.2 Å². The lowest BCUT2D eigenvalue weighted by atomic mass is 9.66. The maximum atomic E-state index is 5.57. The summed E-state index contributed by atoms with van der Waals surface area (Å²) in [6.07, 6.45) is 6.60. The van der Waals surface area contributed by atoms with Crippen molar-refractivity contribution in [3.8, 4) is 11.5 Å². The number of rotatable bonds is 2. The molecule has 0 bridgehead atoms. The second kappa shape index (κ2) is 5.04. The minimum Gasteiger partial charge on any atom is -0.497 e. The molecule has 3 nitrogen and oxygen atoms in total. The zero-order chi connectivity index (χ0) is 13.3. The van der Waals surface area contributed by atoms with Gasteiger partial charge < -0.3 is 14.8 Å². The Morgan fingerprint density at radius 1 is 1.05 bits per heavy atom. The monoisotopic (exact) mass is 261 g/mol. The van der Waals surface area contributed by atoms with Gasteiger partial charge in [0.1, 0.15) is 11.5 Å². The summed E-state index contributed by atoms with van der Waals surface area (Å²) in [5.74, 6) is 1.88. The number of methoxy groups -OCH3 is 2. The van der Waals surface area contributed by atoms with Gasteiger partial charge in [0.2, 0.25) is 0 Å². The van der Waals surface area contributed by atoms with Gasteiger partial charge >= 0.3 is 0 Å². The molecule has 1 aliphatic heterocycles. The van der Waals surface area contributed by atoms with E-state index in [9.17, 15) is 0 Å². The van der Waals surface area contributed by atoms with Crippen molar-refractivity contribution in [2.24, 2.45) is 0 Å². The smallest absolute Gasteiger partial charge is 0.127 e. The van der Waals surface area contributed by atoms with Gasteiger partial charge in [-0.1, -0.05) is 19.3 Å². The fraction of sp³-hybridized carbons (Fsp3) is 0.625. The first kappa shape index (κ1) is 12.8. The Balaban J connectivity index is 2.11. The van der Waals surface area contributed by atoms with Crippen LogP contribution in [0.15, 0.2) is 12.1 Å². The van der Waals surface area contributed by atoms with E-state index < -0.39 is 0 Å². The lowest BCUT2D eigenvalue weighted by Gasteiger charge is -2.43. The van der Waals surface area contributed by atoms with Gasteiger partial charge in [0.05, 0.1) is 14.2 Å². The summed E-state index contributed by atoms with van der Waals surface area (Å²) in [7, 11) is 3.48. The van der Waals surface area contributed by atoms with E-state index in [1.165, 1.54) is 43.2 Å². The zero-order valence-electron chi connectivity index (χ0n) is 11.9. The van der Waals surface area contributed by atoms with Crippen molar-refractivity contribution < 1.29 is 9.47 Å². The van der Waals surface area contributed by atoms with Crippen LogP contribution in [-0.4, -0.2) is 20.8 Å². The Labute approximate surface area is 115 Å². The average molecular weight is 261 g/mol. The third kappa shape index (κ3) is 2.10. The van der Waals surface area contributed by atoms with E-state index in [0.717, 1.165) is 24.6 Å². The van der Waals surface area contributed by atoms with Crippen molar-refractivity contribution in [1.29, 1.82) is 0 Å². The highest BCUT2D eigenvalue weighted by molar-refractivity contribution is 5.51. The molecule has 1 aromatic rings. The number of hydrogen-bond donors (Lipinski definition) is 1. The van der Waals surface area contributed by atoms with E-state index in [1.807, 2.05) is 6.07 Å². The van der Waals surface area contributed by atoms with E-state index >= 15 is 0 Å². The largest absolute Gasteiger partial charge is 0.497 e. The summed E-state index contributed by atoms with van der Waals surface area (Å²) < 4.78 is 11.0. The Morgan fingerprint density at radius 2 is 1.84 bits per heavy atom. The molecule has 1 N–H and O–H groups in total. The van der Waals surface area contributed by atoms with Crippen molar-refractivity contribution in [3.63, 3.8) is 0 Å². The summed E-state index contributed by atoms with van der Waals surface area (Å²) in [6.45, 7) is 2.00. The van der Waals surface area contributed by atoms with E-state index in [1.54, 1.807) is 14.2 Å². The quantitative estimate of drug-likeness (QED) is 0.887. The van der Waals surface area contributed by atoms with Gasteiger partial charge in [-0.3, -0.25) is 0 Å². The second-order valence-electron chi connectivity index (χ2n) is 5.80. The maximum absolute atomic E-state index is 5.57. The molecule has 19 heavy (non-hydrogen) atoms. The molecular formula is C16H23NO2. The molecule has 1 fully saturated rings. The number of fused-ring (bicyclic) bond motifs is 2. The highest BCUT2D eigenvalue weighted by atomic mass is 16.5. The van der Waals surface area contributed by atoms with E-state index in [0.29, 0.717) is 5.41 Å². The van der Waals surface area contributed by atoms with Gasteiger partial charge in [0.25, 0.3) is 0 Å². The minimum atomic E-state index is 0.299. The fourth-order valence-electron chi connectivity index (χ4n) is 3.77. The highest BCUT2D eigenvalue weighted by Crippen LogP contribution is 2.46. The van der Waals surface area contributed by atoms with Crippen LogP contribution < -0.4 is 14.8 Å². The van der Waals surface area contributed by atoms with Crippen LogP contribution >= 0.6 is 0 Å². The van der Waals surface area contributed by atoms with Crippen LogP contribution in [0, 0.1) is 0 Å². The number of benzene rings is 1. The summed E-state index contributed by atoms with van der Waals surface area (Å²) in [5, 5.41) is 3.59. The molecule has 2 aliphatic rings. The molecule has 1 saturated carbocycles. The first-order valence-electron chi connectivity index (χ1n) is 7.25. The van der Waals surface area contributed by atoms with E-state index in [4.69, 9.17) is 9.47 Å². The van der Waals surface area contributed by atoms with Crippen molar-refractivity contribution in [2.45, 2.75) is 44.1 Å². The van der Waals surface area contributed by atoms with E-state index in [2.05, 4.69) is 11.4 Å². The Bertz CT molecular complexity index is 464. The molecule has 1 aliphatic carbocycles. The summed E-state index contributed by atoms with van der Waals surface area (Å²) in [6, 6.07) is 4.24. The molecule has 0 amide bonds. The van der Waals surface area contributed by atoms with Gasteiger partial charge in [-0.15, -0.1) is 0 Å². The predicted octanol–water partition coefficient (Wildman–Crippen LogP) is 3.01. The maximum Gasteiger partial charge on any atom is 0.127 e. The minimum absolute atomic E-state index is 0.299. The molecule has 3 heteroatoms. The van der Waals surface area contributed by atoms with Crippen molar-refractivity contribution in [2.75, 3.05) is 20.8 Å². The molecule has 0 radical (unpaired) electrons. The number of nitrogens with one attached hydrogen (secondary N) is 1. The summed E-state index contributed by atoms with van der Waals surface area (Å²) >= 11 is 0. The van der Waals surface area contributed by atoms with Crippen LogP contribution in [0.3, 0.4) is 0 Å². The van der Waals surface area contributed by atoms with Crippen LogP contribution in [0.5, 0.6) is 11.5 Å². The first-order chi connectivity index (χ1) is 9.29. The lowest BCUT2D eigenvalue weighted by Crippen LogP contribution is -2.44. The Kier molecular flexibility index (Phi) is 3.40. The van der Waals surface area contributed by atoms with Crippen molar-refractivity contribution >= 4 is 0 Å². The third-order valence-electron chi connectivity index (χ3n) is 4.79. The van der Waals surface area contributed by atoms with E-state index in [-0.39, 0.29) is 0 Å². The second-order valence-corrected chi connectivity index (χ2v) is 5.80.